The monoisotopic (exact) mass is 155 g/mol. The second-order valence-corrected chi connectivity index (χ2v) is 2.46. The molecule has 0 aliphatic heterocycles. The number of pyridine rings is 1. The SMILES string of the molecule is COc1nc(C)ccc1S. The Labute approximate surface area is 65.6 Å². The Kier molecular flexibility index (Phi) is 2.17. The molecule has 0 aromatic carbocycles. The summed E-state index contributed by atoms with van der Waals surface area (Å²) >= 11 is 4.14. The minimum atomic E-state index is 0.586. The maximum atomic E-state index is 4.94. The summed E-state index contributed by atoms with van der Waals surface area (Å²) in [7, 11) is 1.58. The molecule has 1 aromatic rings. The first-order valence-corrected chi connectivity index (χ1v) is 3.39. The van der Waals surface area contributed by atoms with E-state index in [1.807, 2.05) is 19.1 Å². The van der Waals surface area contributed by atoms with E-state index in [0.717, 1.165) is 10.6 Å². The minimum Gasteiger partial charge on any atom is -0.480 e. The summed E-state index contributed by atoms with van der Waals surface area (Å²) in [6.07, 6.45) is 0. The van der Waals surface area contributed by atoms with Crippen molar-refractivity contribution in [2.75, 3.05) is 7.11 Å². The fraction of sp³-hybridized carbons (Fsp3) is 0.286. The average molecular weight is 155 g/mol. The first kappa shape index (κ1) is 7.41. The first-order chi connectivity index (χ1) is 4.74. The van der Waals surface area contributed by atoms with E-state index in [0.29, 0.717) is 5.88 Å². The van der Waals surface area contributed by atoms with Crippen LogP contribution in [0.15, 0.2) is 17.0 Å². The molecule has 0 aliphatic rings. The third-order valence-corrected chi connectivity index (χ3v) is 1.51. The lowest BCUT2D eigenvalue weighted by atomic mass is 10.4. The molecular formula is C7H9NOS. The molecule has 0 N–H and O–H groups in total. The zero-order chi connectivity index (χ0) is 7.56. The van der Waals surface area contributed by atoms with E-state index in [-0.39, 0.29) is 0 Å². The second kappa shape index (κ2) is 2.92. The van der Waals surface area contributed by atoms with Gasteiger partial charge in [0.15, 0.2) is 0 Å². The molecule has 3 heteroatoms. The van der Waals surface area contributed by atoms with Gasteiger partial charge in [0.25, 0.3) is 0 Å². The summed E-state index contributed by atoms with van der Waals surface area (Å²) in [5.41, 5.74) is 0.939. The molecule has 1 rings (SSSR count). The fourth-order valence-electron chi connectivity index (χ4n) is 0.676. The van der Waals surface area contributed by atoms with Gasteiger partial charge in [-0.15, -0.1) is 12.6 Å². The van der Waals surface area contributed by atoms with Gasteiger partial charge in [-0.3, -0.25) is 0 Å². The van der Waals surface area contributed by atoms with Crippen LogP contribution in [0.4, 0.5) is 0 Å². The molecule has 0 aliphatic carbocycles. The molecule has 0 amide bonds. The Hall–Kier alpha value is -0.700. The van der Waals surface area contributed by atoms with E-state index in [2.05, 4.69) is 17.6 Å². The van der Waals surface area contributed by atoms with Crippen LogP contribution in [0, 0.1) is 6.92 Å². The van der Waals surface area contributed by atoms with Crippen molar-refractivity contribution < 1.29 is 4.74 Å². The third kappa shape index (κ3) is 1.42. The van der Waals surface area contributed by atoms with Gasteiger partial charge in [-0.05, 0) is 19.1 Å². The Bertz CT molecular complexity index is 237. The minimum absolute atomic E-state index is 0.586. The van der Waals surface area contributed by atoms with E-state index in [1.54, 1.807) is 7.11 Å². The van der Waals surface area contributed by atoms with Crippen LogP contribution in [-0.4, -0.2) is 12.1 Å². The topological polar surface area (TPSA) is 22.1 Å². The number of rotatable bonds is 1. The normalized spacial score (nSPS) is 9.50. The quantitative estimate of drug-likeness (QED) is 0.623. The molecule has 54 valence electrons. The molecule has 1 heterocycles. The Morgan fingerprint density at radius 1 is 1.50 bits per heavy atom. The Balaban J connectivity index is 3.09. The van der Waals surface area contributed by atoms with Crippen LogP contribution in [0.1, 0.15) is 5.69 Å². The highest BCUT2D eigenvalue weighted by Gasteiger charge is 1.97. The van der Waals surface area contributed by atoms with Crippen molar-refractivity contribution in [3.63, 3.8) is 0 Å². The predicted octanol–water partition coefficient (Wildman–Crippen LogP) is 1.69. The summed E-state index contributed by atoms with van der Waals surface area (Å²) in [5, 5.41) is 0. The largest absolute Gasteiger partial charge is 0.480 e. The van der Waals surface area contributed by atoms with Gasteiger partial charge in [0.2, 0.25) is 5.88 Å². The molecule has 0 fully saturated rings. The number of ether oxygens (including phenoxy) is 1. The summed E-state index contributed by atoms with van der Waals surface area (Å²) in [4.78, 5) is 4.86. The highest BCUT2D eigenvalue weighted by molar-refractivity contribution is 7.80. The van der Waals surface area contributed by atoms with Crippen LogP contribution < -0.4 is 4.74 Å². The molecule has 0 bridgehead atoms. The number of thiol groups is 1. The smallest absolute Gasteiger partial charge is 0.227 e. The predicted molar refractivity (Wildman–Crippen MR) is 42.8 cm³/mol. The Morgan fingerprint density at radius 3 is 2.70 bits per heavy atom. The highest BCUT2D eigenvalue weighted by atomic mass is 32.1. The van der Waals surface area contributed by atoms with E-state index in [9.17, 15) is 0 Å². The number of aryl methyl sites for hydroxylation is 1. The number of hydrogen-bond donors (Lipinski definition) is 1. The molecule has 0 unspecified atom stereocenters. The molecule has 2 nitrogen and oxygen atoms in total. The third-order valence-electron chi connectivity index (χ3n) is 1.17. The Morgan fingerprint density at radius 2 is 2.20 bits per heavy atom. The second-order valence-electron chi connectivity index (χ2n) is 1.98. The van der Waals surface area contributed by atoms with Crippen molar-refractivity contribution in [3.8, 4) is 5.88 Å². The molecule has 0 atom stereocenters. The van der Waals surface area contributed by atoms with Gasteiger partial charge in [0, 0.05) is 5.69 Å². The van der Waals surface area contributed by atoms with Gasteiger partial charge >= 0.3 is 0 Å². The first-order valence-electron chi connectivity index (χ1n) is 2.94. The van der Waals surface area contributed by atoms with E-state index < -0.39 is 0 Å². The van der Waals surface area contributed by atoms with Crippen LogP contribution >= 0.6 is 12.6 Å². The van der Waals surface area contributed by atoms with Gasteiger partial charge in [-0.25, -0.2) is 4.98 Å². The standard InChI is InChI=1S/C7H9NOS/c1-5-3-4-6(10)7(8-5)9-2/h3-4,10H,1-2H3. The van der Waals surface area contributed by atoms with Crippen LogP contribution in [-0.2, 0) is 0 Å². The summed E-state index contributed by atoms with van der Waals surface area (Å²) < 4.78 is 4.94. The number of aromatic nitrogens is 1. The zero-order valence-corrected chi connectivity index (χ0v) is 6.85. The highest BCUT2D eigenvalue weighted by Crippen LogP contribution is 2.18. The maximum absolute atomic E-state index is 4.94. The van der Waals surface area contributed by atoms with Crippen molar-refractivity contribution in [3.05, 3.63) is 17.8 Å². The molecular weight excluding hydrogens is 146 g/mol. The molecule has 1 aromatic heterocycles. The average Bonchev–Trinajstić information content (AvgIpc) is 1.94. The van der Waals surface area contributed by atoms with Crippen LogP contribution in [0.3, 0.4) is 0 Å². The fourth-order valence-corrected chi connectivity index (χ4v) is 0.892. The lowest BCUT2D eigenvalue weighted by Crippen LogP contribution is -1.90. The molecule has 10 heavy (non-hydrogen) atoms. The van der Waals surface area contributed by atoms with E-state index in [4.69, 9.17) is 4.74 Å². The number of nitrogens with zero attached hydrogens (tertiary/aromatic N) is 1. The van der Waals surface area contributed by atoms with Gasteiger partial charge in [-0.1, -0.05) is 0 Å². The van der Waals surface area contributed by atoms with Gasteiger partial charge in [0.05, 0.1) is 12.0 Å². The van der Waals surface area contributed by atoms with Crippen LogP contribution in [0.2, 0.25) is 0 Å². The number of hydrogen-bond acceptors (Lipinski definition) is 3. The molecule has 0 saturated heterocycles. The lowest BCUT2D eigenvalue weighted by molar-refractivity contribution is 0.386. The van der Waals surface area contributed by atoms with Crippen LogP contribution in [0.25, 0.3) is 0 Å². The van der Waals surface area contributed by atoms with E-state index >= 15 is 0 Å². The van der Waals surface area contributed by atoms with Crippen molar-refractivity contribution in [2.24, 2.45) is 0 Å². The van der Waals surface area contributed by atoms with Crippen molar-refractivity contribution in [1.29, 1.82) is 0 Å². The lowest BCUT2D eigenvalue weighted by Gasteiger charge is -2.01. The number of methoxy groups -OCH3 is 1. The maximum Gasteiger partial charge on any atom is 0.227 e. The van der Waals surface area contributed by atoms with E-state index in [1.165, 1.54) is 0 Å². The summed E-state index contributed by atoms with van der Waals surface area (Å²) in [5.74, 6) is 0.586. The van der Waals surface area contributed by atoms with Crippen LogP contribution in [0.5, 0.6) is 5.88 Å². The summed E-state index contributed by atoms with van der Waals surface area (Å²) in [6.45, 7) is 1.91. The van der Waals surface area contributed by atoms with Crippen molar-refractivity contribution in [1.82, 2.24) is 4.98 Å². The van der Waals surface area contributed by atoms with Gasteiger partial charge < -0.3 is 4.74 Å². The molecule has 0 spiro atoms. The van der Waals surface area contributed by atoms with Gasteiger partial charge in [0.1, 0.15) is 0 Å². The molecule has 0 saturated carbocycles. The molecule has 0 radical (unpaired) electrons. The summed E-state index contributed by atoms with van der Waals surface area (Å²) in [6, 6.07) is 3.76. The van der Waals surface area contributed by atoms with Crippen molar-refractivity contribution in [2.45, 2.75) is 11.8 Å². The van der Waals surface area contributed by atoms with Gasteiger partial charge in [-0.2, -0.15) is 0 Å². The van der Waals surface area contributed by atoms with Crippen molar-refractivity contribution >= 4 is 12.6 Å². The zero-order valence-electron chi connectivity index (χ0n) is 5.96.